The summed E-state index contributed by atoms with van der Waals surface area (Å²) in [6.45, 7) is 10.5. The van der Waals surface area contributed by atoms with Crippen LogP contribution in [-0.4, -0.2) is 91.7 Å². The predicted molar refractivity (Wildman–Crippen MR) is 92.4 cm³/mol. The third kappa shape index (κ3) is 4.55. The van der Waals surface area contributed by atoms with Crippen molar-refractivity contribution in [3.63, 3.8) is 0 Å². The molecule has 3 rings (SSSR count). The summed E-state index contributed by atoms with van der Waals surface area (Å²) in [6, 6.07) is 2.00. The molecule has 1 N–H and O–H groups in total. The van der Waals surface area contributed by atoms with Gasteiger partial charge in [0.15, 0.2) is 0 Å². The summed E-state index contributed by atoms with van der Waals surface area (Å²) in [5, 5.41) is 3.33. The van der Waals surface area contributed by atoms with E-state index in [1.807, 2.05) is 13.0 Å². The fourth-order valence-electron chi connectivity index (χ4n) is 3.00. The standard InChI is InChI=1S/C16H26N6O2/c1-14-12-15(22-6-4-21(13-23)5-7-22)19-16(18-14)17-2-3-20-8-10-24-11-9-20/h12-13H,2-11H2,1H3,(H,17,18,19). The van der Waals surface area contributed by atoms with Gasteiger partial charge in [-0.25, -0.2) is 4.98 Å². The van der Waals surface area contributed by atoms with E-state index in [0.717, 1.165) is 83.5 Å². The van der Waals surface area contributed by atoms with Crippen molar-refractivity contribution >= 4 is 18.2 Å². The maximum absolute atomic E-state index is 10.8. The SMILES string of the molecule is Cc1cc(N2CCN(C=O)CC2)nc(NCCN2CCOCC2)n1. The summed E-state index contributed by atoms with van der Waals surface area (Å²) < 4.78 is 5.36. The zero-order valence-corrected chi connectivity index (χ0v) is 14.3. The largest absolute Gasteiger partial charge is 0.379 e. The van der Waals surface area contributed by atoms with Crippen molar-refractivity contribution in [3.05, 3.63) is 11.8 Å². The summed E-state index contributed by atoms with van der Waals surface area (Å²) in [5.74, 6) is 1.61. The van der Waals surface area contributed by atoms with Crippen LogP contribution in [-0.2, 0) is 9.53 Å². The lowest BCUT2D eigenvalue weighted by atomic mass is 10.3. The summed E-state index contributed by atoms with van der Waals surface area (Å²) >= 11 is 0. The highest BCUT2D eigenvalue weighted by molar-refractivity contribution is 5.50. The van der Waals surface area contributed by atoms with Crippen molar-refractivity contribution in [2.24, 2.45) is 0 Å². The van der Waals surface area contributed by atoms with Crippen LogP contribution in [0.1, 0.15) is 5.69 Å². The van der Waals surface area contributed by atoms with E-state index in [1.165, 1.54) is 0 Å². The number of amides is 1. The van der Waals surface area contributed by atoms with Crippen LogP contribution in [0.15, 0.2) is 6.07 Å². The highest BCUT2D eigenvalue weighted by atomic mass is 16.5. The van der Waals surface area contributed by atoms with E-state index in [9.17, 15) is 4.79 Å². The first-order chi connectivity index (χ1) is 11.7. The molecule has 2 fully saturated rings. The molecule has 0 unspecified atom stereocenters. The van der Waals surface area contributed by atoms with E-state index >= 15 is 0 Å². The number of nitrogens with zero attached hydrogens (tertiary/aromatic N) is 5. The van der Waals surface area contributed by atoms with E-state index in [4.69, 9.17) is 4.74 Å². The summed E-state index contributed by atoms with van der Waals surface area (Å²) in [6.07, 6.45) is 0.918. The maximum Gasteiger partial charge on any atom is 0.224 e. The molecule has 0 radical (unpaired) electrons. The van der Waals surface area contributed by atoms with Gasteiger partial charge in [-0.15, -0.1) is 0 Å². The first-order valence-electron chi connectivity index (χ1n) is 8.58. The van der Waals surface area contributed by atoms with Crippen molar-refractivity contribution in [2.45, 2.75) is 6.92 Å². The monoisotopic (exact) mass is 334 g/mol. The predicted octanol–water partition coefficient (Wildman–Crippen LogP) is -0.192. The van der Waals surface area contributed by atoms with Gasteiger partial charge in [-0.2, -0.15) is 4.98 Å². The molecule has 24 heavy (non-hydrogen) atoms. The van der Waals surface area contributed by atoms with E-state index in [-0.39, 0.29) is 0 Å². The van der Waals surface area contributed by atoms with Gasteiger partial charge in [-0.1, -0.05) is 0 Å². The molecule has 2 aliphatic rings. The van der Waals surface area contributed by atoms with Crippen molar-refractivity contribution in [2.75, 3.05) is 75.8 Å². The average Bonchev–Trinajstić information content (AvgIpc) is 2.62. The van der Waals surface area contributed by atoms with Crippen LogP contribution in [0.4, 0.5) is 11.8 Å². The molecule has 132 valence electrons. The lowest BCUT2D eigenvalue weighted by Crippen LogP contribution is -2.46. The number of carbonyl (C=O) groups excluding carboxylic acids is 1. The molecule has 1 amide bonds. The summed E-state index contributed by atoms with van der Waals surface area (Å²) in [4.78, 5) is 26.3. The topological polar surface area (TPSA) is 73.8 Å². The van der Waals surface area contributed by atoms with Crippen LogP contribution in [0.25, 0.3) is 0 Å². The molecule has 8 heteroatoms. The van der Waals surface area contributed by atoms with Crippen LogP contribution in [0, 0.1) is 6.92 Å². The number of nitrogens with one attached hydrogen (secondary N) is 1. The molecule has 0 saturated carbocycles. The molecule has 3 heterocycles. The molecular weight excluding hydrogens is 308 g/mol. The van der Waals surface area contributed by atoms with Crippen LogP contribution >= 0.6 is 0 Å². The smallest absolute Gasteiger partial charge is 0.224 e. The zero-order valence-electron chi connectivity index (χ0n) is 14.3. The fourth-order valence-corrected chi connectivity index (χ4v) is 3.00. The number of hydrogen-bond donors (Lipinski definition) is 1. The lowest BCUT2D eigenvalue weighted by molar-refractivity contribution is -0.118. The molecule has 0 spiro atoms. The number of ether oxygens (including phenoxy) is 1. The Bertz CT molecular complexity index is 541. The Hall–Kier alpha value is -1.93. The van der Waals surface area contributed by atoms with Gasteiger partial charge < -0.3 is 19.9 Å². The maximum atomic E-state index is 10.8. The minimum absolute atomic E-state index is 0.677. The van der Waals surface area contributed by atoms with E-state index in [0.29, 0.717) is 5.95 Å². The van der Waals surface area contributed by atoms with Crippen molar-refractivity contribution in [1.29, 1.82) is 0 Å². The second kappa shape index (κ2) is 8.25. The summed E-state index contributed by atoms with van der Waals surface area (Å²) in [7, 11) is 0. The molecule has 1 aromatic rings. The average molecular weight is 334 g/mol. The van der Waals surface area contributed by atoms with Gasteiger partial charge in [-0.3, -0.25) is 9.69 Å². The van der Waals surface area contributed by atoms with E-state index in [1.54, 1.807) is 4.90 Å². The van der Waals surface area contributed by atoms with Gasteiger partial charge in [-0.05, 0) is 6.92 Å². The quantitative estimate of drug-likeness (QED) is 0.723. The van der Waals surface area contributed by atoms with Crippen molar-refractivity contribution < 1.29 is 9.53 Å². The molecule has 2 saturated heterocycles. The first kappa shape index (κ1) is 16.9. The van der Waals surface area contributed by atoms with Gasteiger partial charge in [0.2, 0.25) is 12.4 Å². The van der Waals surface area contributed by atoms with E-state index in [2.05, 4.69) is 25.1 Å². The Labute approximate surface area is 142 Å². The van der Waals surface area contributed by atoms with E-state index < -0.39 is 0 Å². The van der Waals surface area contributed by atoms with Crippen molar-refractivity contribution in [3.8, 4) is 0 Å². The zero-order chi connectivity index (χ0) is 16.8. The highest BCUT2D eigenvalue weighted by Crippen LogP contribution is 2.16. The number of carbonyl (C=O) groups is 1. The third-order valence-corrected chi connectivity index (χ3v) is 4.44. The number of aromatic nitrogens is 2. The summed E-state index contributed by atoms with van der Waals surface area (Å²) in [5.41, 5.74) is 0.951. The Kier molecular flexibility index (Phi) is 5.81. The van der Waals surface area contributed by atoms with Gasteiger partial charge in [0.05, 0.1) is 13.2 Å². The number of morpholine rings is 1. The molecule has 1 aromatic heterocycles. The molecule has 0 atom stereocenters. The molecule has 8 nitrogen and oxygen atoms in total. The second-order valence-corrected chi connectivity index (χ2v) is 6.20. The number of aryl methyl sites for hydroxylation is 1. The number of rotatable bonds is 6. The molecule has 0 aliphatic carbocycles. The Morgan fingerprint density at radius 3 is 2.62 bits per heavy atom. The van der Waals surface area contributed by atoms with Crippen LogP contribution in [0.3, 0.4) is 0 Å². The highest BCUT2D eigenvalue weighted by Gasteiger charge is 2.18. The van der Waals surface area contributed by atoms with Crippen LogP contribution < -0.4 is 10.2 Å². The van der Waals surface area contributed by atoms with Gasteiger partial charge in [0, 0.05) is 64.1 Å². The molecule has 0 aromatic carbocycles. The second-order valence-electron chi connectivity index (χ2n) is 6.20. The van der Waals surface area contributed by atoms with Gasteiger partial charge in [0.25, 0.3) is 0 Å². The van der Waals surface area contributed by atoms with Crippen molar-refractivity contribution in [1.82, 2.24) is 19.8 Å². The lowest BCUT2D eigenvalue weighted by Gasteiger charge is -2.33. The minimum Gasteiger partial charge on any atom is -0.379 e. The minimum atomic E-state index is 0.677. The normalized spacial score (nSPS) is 19.4. The Balaban J connectivity index is 1.54. The fraction of sp³-hybridized carbons (Fsp3) is 0.688. The first-order valence-corrected chi connectivity index (χ1v) is 8.58. The Morgan fingerprint density at radius 1 is 1.17 bits per heavy atom. The Morgan fingerprint density at radius 2 is 1.92 bits per heavy atom. The van der Waals surface area contributed by atoms with Crippen LogP contribution in [0.5, 0.6) is 0 Å². The number of piperazine rings is 1. The van der Waals surface area contributed by atoms with Gasteiger partial charge >= 0.3 is 0 Å². The number of anilines is 2. The molecule has 2 aliphatic heterocycles. The molecule has 0 bridgehead atoms. The van der Waals surface area contributed by atoms with Crippen LogP contribution in [0.2, 0.25) is 0 Å². The molecular formula is C16H26N6O2. The third-order valence-electron chi connectivity index (χ3n) is 4.44. The number of hydrogen-bond acceptors (Lipinski definition) is 7. The van der Waals surface area contributed by atoms with Gasteiger partial charge in [0.1, 0.15) is 5.82 Å².